The summed E-state index contributed by atoms with van der Waals surface area (Å²) in [6.45, 7) is 4.94. The Morgan fingerprint density at radius 1 is 1.75 bits per heavy atom. The van der Waals surface area contributed by atoms with Gasteiger partial charge < -0.3 is 0 Å². The lowest BCUT2D eigenvalue weighted by atomic mass is 10.6. The van der Waals surface area contributed by atoms with Gasteiger partial charge in [-0.25, -0.2) is 4.99 Å². The van der Waals surface area contributed by atoms with Crippen molar-refractivity contribution in [2.24, 2.45) is 4.99 Å². The molecule has 0 atom stereocenters. The van der Waals surface area contributed by atoms with Gasteiger partial charge in [0, 0.05) is 6.20 Å². The Kier molecular flexibility index (Phi) is 3.76. The normalized spacial score (nSPS) is 12.5. The van der Waals surface area contributed by atoms with Crippen LogP contribution in [0.1, 0.15) is 6.92 Å². The Morgan fingerprint density at radius 2 is 2.38 bits per heavy atom. The van der Waals surface area contributed by atoms with E-state index in [4.69, 9.17) is 0 Å². The predicted octanol–water partition coefficient (Wildman–Crippen LogP) is 2.07. The van der Waals surface area contributed by atoms with Crippen LogP contribution in [0.2, 0.25) is 0 Å². The summed E-state index contributed by atoms with van der Waals surface area (Å²) in [5.41, 5.74) is 0. The molecule has 0 unspecified atom stereocenters. The molecule has 0 aromatic rings. The molecular formula is C6H8FN. The summed E-state index contributed by atoms with van der Waals surface area (Å²) in [6.07, 6.45) is 4.07. The number of hydrogen-bond acceptors (Lipinski definition) is 1. The molecule has 0 spiro atoms. The van der Waals surface area contributed by atoms with E-state index < -0.39 is 5.97 Å². The molecule has 2 heteroatoms. The van der Waals surface area contributed by atoms with Crippen LogP contribution in [-0.4, -0.2) is 5.97 Å². The van der Waals surface area contributed by atoms with Crippen LogP contribution in [0.3, 0.4) is 0 Å². The van der Waals surface area contributed by atoms with E-state index in [9.17, 15) is 4.39 Å². The molecule has 0 aliphatic carbocycles. The van der Waals surface area contributed by atoms with Crippen LogP contribution in [0.25, 0.3) is 0 Å². The first kappa shape index (κ1) is 7.08. The molecule has 1 nitrogen and oxygen atoms in total. The van der Waals surface area contributed by atoms with Gasteiger partial charge in [-0.2, -0.15) is 4.39 Å². The summed E-state index contributed by atoms with van der Waals surface area (Å²) in [5, 5.41) is 0. The number of hydrogen-bond donors (Lipinski definition) is 0. The fourth-order valence-electron chi connectivity index (χ4n) is 0.198. The van der Waals surface area contributed by atoms with Gasteiger partial charge in [-0.05, 0) is 13.0 Å². The maximum Gasteiger partial charge on any atom is 0.212 e. The van der Waals surface area contributed by atoms with Gasteiger partial charge in [0.05, 0.1) is 0 Å². The molecule has 0 saturated heterocycles. The zero-order valence-corrected chi connectivity index (χ0v) is 4.76. The number of aliphatic imine (C=N–C) groups is 1. The highest BCUT2D eigenvalue weighted by Gasteiger charge is 1.78. The maximum atomic E-state index is 11.9. The maximum absolute atomic E-state index is 11.9. The van der Waals surface area contributed by atoms with Crippen LogP contribution in [0, 0.1) is 0 Å². The molecule has 0 aromatic heterocycles. The minimum Gasteiger partial charge on any atom is -0.229 e. The lowest BCUT2D eigenvalue weighted by Crippen LogP contribution is -1.74. The number of allylic oxidation sites excluding steroid dienone is 2. The molecule has 8 heavy (non-hydrogen) atoms. The van der Waals surface area contributed by atoms with Crippen molar-refractivity contribution >= 4 is 5.97 Å². The Bertz CT molecular complexity index is 124. The molecule has 0 saturated carbocycles. The standard InChI is InChI=1S/C6H8FN/c1-3-5-8-6(7)4-2/h3-5H,2H2,1H3/b5-3-,8-6+. The van der Waals surface area contributed by atoms with Gasteiger partial charge in [0.1, 0.15) is 0 Å². The van der Waals surface area contributed by atoms with Crippen LogP contribution in [-0.2, 0) is 0 Å². The molecule has 0 bridgehead atoms. The van der Waals surface area contributed by atoms with Crippen LogP contribution < -0.4 is 0 Å². The molecule has 0 fully saturated rings. The quantitative estimate of drug-likeness (QED) is 0.486. The van der Waals surface area contributed by atoms with E-state index in [0.29, 0.717) is 0 Å². The van der Waals surface area contributed by atoms with Gasteiger partial charge in [-0.1, -0.05) is 12.7 Å². The van der Waals surface area contributed by atoms with E-state index in [2.05, 4.69) is 11.6 Å². The largest absolute Gasteiger partial charge is 0.229 e. The van der Waals surface area contributed by atoms with Crippen molar-refractivity contribution in [3.05, 3.63) is 24.9 Å². The molecule has 0 N–H and O–H groups in total. The molecule has 0 rings (SSSR count). The van der Waals surface area contributed by atoms with Gasteiger partial charge in [0.2, 0.25) is 5.97 Å². The molecule has 0 aliphatic heterocycles. The summed E-state index contributed by atoms with van der Waals surface area (Å²) in [4.78, 5) is 3.31. The molecule has 0 amide bonds. The fraction of sp³-hybridized carbons (Fsp3) is 0.167. The summed E-state index contributed by atoms with van der Waals surface area (Å²) >= 11 is 0. The van der Waals surface area contributed by atoms with Crippen molar-refractivity contribution in [1.29, 1.82) is 0 Å². The average Bonchev–Trinajstić information content (AvgIpc) is 1.83. The van der Waals surface area contributed by atoms with Crippen molar-refractivity contribution in [3.63, 3.8) is 0 Å². The van der Waals surface area contributed by atoms with E-state index in [-0.39, 0.29) is 0 Å². The van der Waals surface area contributed by atoms with Crippen molar-refractivity contribution in [2.45, 2.75) is 6.92 Å². The van der Waals surface area contributed by atoms with Gasteiger partial charge in [0.15, 0.2) is 0 Å². The molecule has 0 heterocycles. The second-order valence-electron chi connectivity index (χ2n) is 1.14. The molecular weight excluding hydrogens is 105 g/mol. The highest BCUT2D eigenvalue weighted by molar-refractivity contribution is 5.86. The van der Waals surface area contributed by atoms with Crippen LogP contribution in [0.4, 0.5) is 4.39 Å². The lowest BCUT2D eigenvalue weighted by molar-refractivity contribution is 0.813. The summed E-state index contributed by atoms with van der Waals surface area (Å²) < 4.78 is 11.9. The van der Waals surface area contributed by atoms with E-state index in [1.165, 1.54) is 6.20 Å². The predicted molar refractivity (Wildman–Crippen MR) is 33.6 cm³/mol. The monoisotopic (exact) mass is 113 g/mol. The lowest BCUT2D eigenvalue weighted by Gasteiger charge is -1.76. The Balaban J connectivity index is 3.74. The van der Waals surface area contributed by atoms with E-state index in [1.807, 2.05) is 0 Å². The number of rotatable bonds is 2. The summed E-state index contributed by atoms with van der Waals surface area (Å²) in [7, 11) is 0. The van der Waals surface area contributed by atoms with E-state index >= 15 is 0 Å². The average molecular weight is 113 g/mol. The third kappa shape index (κ3) is 3.28. The second-order valence-corrected chi connectivity index (χ2v) is 1.14. The third-order valence-electron chi connectivity index (χ3n) is 0.515. The Labute approximate surface area is 48.2 Å². The van der Waals surface area contributed by atoms with Crippen molar-refractivity contribution in [3.8, 4) is 0 Å². The molecule has 0 aromatic carbocycles. The minimum absolute atomic E-state index is 0.553. The Hall–Kier alpha value is -0.920. The van der Waals surface area contributed by atoms with Gasteiger partial charge in [-0.3, -0.25) is 0 Å². The highest BCUT2D eigenvalue weighted by Crippen LogP contribution is 1.82. The Morgan fingerprint density at radius 3 is 2.75 bits per heavy atom. The van der Waals surface area contributed by atoms with E-state index in [0.717, 1.165) is 6.08 Å². The second kappa shape index (κ2) is 4.24. The topological polar surface area (TPSA) is 12.4 Å². The van der Waals surface area contributed by atoms with Crippen molar-refractivity contribution in [2.75, 3.05) is 0 Å². The molecule has 0 aliphatic rings. The van der Waals surface area contributed by atoms with Crippen LogP contribution >= 0.6 is 0 Å². The van der Waals surface area contributed by atoms with Crippen LogP contribution in [0.15, 0.2) is 29.9 Å². The molecule has 44 valence electrons. The minimum atomic E-state index is -0.553. The zero-order chi connectivity index (χ0) is 6.41. The van der Waals surface area contributed by atoms with E-state index in [1.54, 1.807) is 13.0 Å². The first-order chi connectivity index (χ1) is 3.81. The fourth-order valence-corrected chi connectivity index (χ4v) is 0.198. The first-order valence-corrected chi connectivity index (χ1v) is 2.28. The van der Waals surface area contributed by atoms with Crippen LogP contribution in [0.5, 0.6) is 0 Å². The third-order valence-corrected chi connectivity index (χ3v) is 0.515. The van der Waals surface area contributed by atoms with Gasteiger partial charge in [-0.15, -0.1) is 0 Å². The highest BCUT2D eigenvalue weighted by atomic mass is 19.1. The molecule has 0 radical (unpaired) electrons. The van der Waals surface area contributed by atoms with Gasteiger partial charge >= 0.3 is 0 Å². The zero-order valence-electron chi connectivity index (χ0n) is 4.76. The van der Waals surface area contributed by atoms with Crippen molar-refractivity contribution in [1.82, 2.24) is 0 Å². The number of nitrogens with zero attached hydrogens (tertiary/aromatic N) is 1. The summed E-state index contributed by atoms with van der Waals surface area (Å²) in [5.74, 6) is -0.553. The van der Waals surface area contributed by atoms with Crippen molar-refractivity contribution < 1.29 is 4.39 Å². The number of halogens is 1. The van der Waals surface area contributed by atoms with Gasteiger partial charge in [0.25, 0.3) is 0 Å². The SMILES string of the molecule is C=C/C(F)=N\C=C/C. The smallest absolute Gasteiger partial charge is 0.212 e. The summed E-state index contributed by atoms with van der Waals surface area (Å²) in [6, 6.07) is 0. The first-order valence-electron chi connectivity index (χ1n) is 2.28.